The van der Waals surface area contributed by atoms with Crippen molar-refractivity contribution in [2.75, 3.05) is 19.7 Å². The van der Waals surface area contributed by atoms with Crippen molar-refractivity contribution in [3.63, 3.8) is 0 Å². The molecule has 1 aliphatic carbocycles. The van der Waals surface area contributed by atoms with Gasteiger partial charge in [-0.2, -0.15) is 13.2 Å². The molecule has 7 nitrogen and oxygen atoms in total. The number of carbonyl (C=O) groups excluding carboxylic acids is 1. The summed E-state index contributed by atoms with van der Waals surface area (Å²) >= 11 is 2.68. The second-order valence-corrected chi connectivity index (χ2v) is 11.1. The van der Waals surface area contributed by atoms with E-state index in [0.29, 0.717) is 18.9 Å². The fraction of sp³-hybridized carbons (Fsp3) is 0.714. The molecular formula is C21H28F3N5O2S2. The predicted octanol–water partition coefficient (Wildman–Crippen LogP) is 3.91. The lowest BCUT2D eigenvalue weighted by atomic mass is 9.84. The molecule has 0 aromatic carbocycles. The number of rotatable bonds is 8. The number of carbonyl (C=O) groups is 1. The van der Waals surface area contributed by atoms with E-state index < -0.39 is 12.8 Å². The third-order valence-corrected chi connectivity index (χ3v) is 8.00. The molecule has 0 radical (unpaired) electrons. The highest BCUT2D eigenvalue weighted by atomic mass is 32.1. The number of alkyl halides is 3. The number of nitrogens with one attached hydrogen (secondary N) is 1. The van der Waals surface area contributed by atoms with E-state index in [1.54, 1.807) is 0 Å². The van der Waals surface area contributed by atoms with Crippen molar-refractivity contribution in [2.45, 2.75) is 70.6 Å². The average molecular weight is 504 g/mol. The van der Waals surface area contributed by atoms with Crippen LogP contribution >= 0.6 is 22.7 Å². The van der Waals surface area contributed by atoms with Crippen LogP contribution in [-0.2, 0) is 24.2 Å². The van der Waals surface area contributed by atoms with Gasteiger partial charge in [0.05, 0.1) is 12.1 Å². The highest BCUT2D eigenvalue weighted by Crippen LogP contribution is 2.32. The largest absolute Gasteiger partial charge is 0.460 e. The van der Waals surface area contributed by atoms with Crippen LogP contribution < -0.4 is 10.1 Å². The molecule has 1 saturated carbocycles. The van der Waals surface area contributed by atoms with E-state index >= 15 is 0 Å². The van der Waals surface area contributed by atoms with Crippen molar-refractivity contribution in [3.8, 4) is 5.19 Å². The number of nitrogens with zero attached hydrogens (tertiary/aromatic N) is 4. The van der Waals surface area contributed by atoms with E-state index in [2.05, 4.69) is 25.4 Å². The van der Waals surface area contributed by atoms with Gasteiger partial charge in [-0.3, -0.25) is 9.69 Å². The first kappa shape index (κ1) is 24.3. The number of ether oxygens (including phenoxy) is 1. The quantitative estimate of drug-likeness (QED) is 0.589. The molecule has 1 amide bonds. The van der Waals surface area contributed by atoms with Crippen molar-refractivity contribution < 1.29 is 22.7 Å². The zero-order valence-electron chi connectivity index (χ0n) is 18.5. The van der Waals surface area contributed by atoms with Crippen molar-refractivity contribution in [1.82, 2.24) is 25.4 Å². The van der Waals surface area contributed by atoms with Gasteiger partial charge in [-0.05, 0) is 57.9 Å². The summed E-state index contributed by atoms with van der Waals surface area (Å²) in [5.41, 5.74) is 0.848. The Kier molecular flexibility index (Phi) is 7.85. The van der Waals surface area contributed by atoms with Crippen LogP contribution in [-0.4, -0.2) is 57.9 Å². The Morgan fingerprint density at radius 1 is 1.21 bits per heavy atom. The predicted molar refractivity (Wildman–Crippen MR) is 120 cm³/mol. The lowest BCUT2D eigenvalue weighted by Gasteiger charge is -2.31. The Bertz CT molecular complexity index is 941. The van der Waals surface area contributed by atoms with E-state index in [4.69, 9.17) is 4.74 Å². The van der Waals surface area contributed by atoms with Crippen LogP contribution in [0.1, 0.15) is 52.7 Å². The van der Waals surface area contributed by atoms with Gasteiger partial charge in [-0.1, -0.05) is 11.3 Å². The van der Waals surface area contributed by atoms with Crippen LogP contribution in [0.25, 0.3) is 0 Å². The van der Waals surface area contributed by atoms with Gasteiger partial charge >= 0.3 is 6.18 Å². The van der Waals surface area contributed by atoms with Crippen LogP contribution in [0.5, 0.6) is 5.19 Å². The summed E-state index contributed by atoms with van der Waals surface area (Å²) in [6.45, 7) is 3.09. The third-order valence-electron chi connectivity index (χ3n) is 6.09. The summed E-state index contributed by atoms with van der Waals surface area (Å²) in [7, 11) is 0. The number of aryl methyl sites for hydroxylation is 1. The molecule has 1 aliphatic heterocycles. The molecule has 0 spiro atoms. The van der Waals surface area contributed by atoms with Crippen LogP contribution in [0.15, 0.2) is 0 Å². The van der Waals surface area contributed by atoms with E-state index in [0.717, 1.165) is 72.2 Å². The minimum absolute atomic E-state index is 0.0144. The maximum atomic E-state index is 12.4. The number of aromatic nitrogens is 3. The summed E-state index contributed by atoms with van der Waals surface area (Å²) in [5.74, 6) is 0.645. The zero-order valence-corrected chi connectivity index (χ0v) is 20.1. The average Bonchev–Trinajstić information content (AvgIpc) is 3.36. The Morgan fingerprint density at radius 2 is 2.00 bits per heavy atom. The molecule has 4 rings (SSSR count). The summed E-state index contributed by atoms with van der Waals surface area (Å²) in [6.07, 6.45) is 1.99. The molecule has 2 aliphatic rings. The van der Waals surface area contributed by atoms with Gasteiger partial charge in [0.1, 0.15) is 10.0 Å². The van der Waals surface area contributed by atoms with E-state index in [-0.39, 0.29) is 17.1 Å². The summed E-state index contributed by atoms with van der Waals surface area (Å²) in [4.78, 5) is 19.9. The standard InChI is InChI=1S/C21H28F3N5O2S2/c1-13-27-28-19(32-13)10-18(30)25-15-4-2-14(3-5-15)6-8-29-9-7-17-16(11-29)26-20(33-17)31-12-21(22,23)24/h14-15H,2-12H2,1H3,(H,25,30). The topological polar surface area (TPSA) is 80.2 Å². The second kappa shape index (κ2) is 10.6. The fourth-order valence-corrected chi connectivity index (χ4v) is 6.02. The molecule has 0 unspecified atom stereocenters. The van der Waals surface area contributed by atoms with Crippen LogP contribution in [0.4, 0.5) is 13.2 Å². The fourth-order valence-electron chi connectivity index (χ4n) is 4.41. The van der Waals surface area contributed by atoms with Gasteiger partial charge in [0, 0.05) is 24.0 Å². The smallest absolute Gasteiger partial charge is 0.422 e. The van der Waals surface area contributed by atoms with Gasteiger partial charge in [-0.25, -0.2) is 4.98 Å². The molecule has 182 valence electrons. The number of halogens is 3. The van der Waals surface area contributed by atoms with Crippen LogP contribution in [0.3, 0.4) is 0 Å². The van der Waals surface area contributed by atoms with Crippen molar-refractivity contribution in [2.24, 2.45) is 5.92 Å². The van der Waals surface area contributed by atoms with Gasteiger partial charge in [-0.15, -0.1) is 21.5 Å². The number of hydrogen-bond donors (Lipinski definition) is 1. The lowest BCUT2D eigenvalue weighted by molar-refractivity contribution is -0.153. The lowest BCUT2D eigenvalue weighted by Crippen LogP contribution is -2.39. The number of thiazole rings is 1. The number of amides is 1. The summed E-state index contributed by atoms with van der Waals surface area (Å²) in [5, 5.41) is 12.8. The Balaban J connectivity index is 1.15. The maximum Gasteiger partial charge on any atom is 0.422 e. The molecule has 0 atom stereocenters. The molecule has 12 heteroatoms. The van der Waals surface area contributed by atoms with Gasteiger partial charge in [0.2, 0.25) is 5.91 Å². The van der Waals surface area contributed by atoms with Gasteiger partial charge in [0.25, 0.3) is 5.19 Å². The Morgan fingerprint density at radius 3 is 2.70 bits per heavy atom. The zero-order chi connectivity index (χ0) is 23.4. The summed E-state index contributed by atoms with van der Waals surface area (Å²) < 4.78 is 41.9. The second-order valence-electron chi connectivity index (χ2n) is 8.75. The molecular weight excluding hydrogens is 475 g/mol. The van der Waals surface area contributed by atoms with Crippen molar-refractivity contribution in [3.05, 3.63) is 20.6 Å². The monoisotopic (exact) mass is 503 g/mol. The normalized spacial score (nSPS) is 21.6. The Labute approximate surface area is 198 Å². The third kappa shape index (κ3) is 7.35. The van der Waals surface area contributed by atoms with Crippen LogP contribution in [0.2, 0.25) is 0 Å². The van der Waals surface area contributed by atoms with Gasteiger partial charge < -0.3 is 10.1 Å². The first-order valence-electron chi connectivity index (χ1n) is 11.2. The highest BCUT2D eigenvalue weighted by Gasteiger charge is 2.30. The van der Waals surface area contributed by atoms with E-state index in [1.165, 1.54) is 22.7 Å². The minimum Gasteiger partial charge on any atom is -0.460 e. The molecule has 1 fully saturated rings. The highest BCUT2D eigenvalue weighted by molar-refractivity contribution is 7.13. The SMILES string of the molecule is Cc1nnc(CC(=O)NC2CCC(CCN3CCc4sc(OCC(F)(F)F)nc4C3)CC2)s1. The first-order valence-corrected chi connectivity index (χ1v) is 12.9. The molecule has 2 aromatic heterocycles. The number of fused-ring (bicyclic) bond motifs is 1. The summed E-state index contributed by atoms with van der Waals surface area (Å²) in [6, 6.07) is 0.227. The maximum absolute atomic E-state index is 12.4. The molecule has 2 aromatic rings. The molecule has 1 N–H and O–H groups in total. The molecule has 33 heavy (non-hydrogen) atoms. The molecule has 3 heterocycles. The van der Waals surface area contributed by atoms with E-state index in [1.807, 2.05) is 6.92 Å². The van der Waals surface area contributed by atoms with Crippen molar-refractivity contribution in [1.29, 1.82) is 0 Å². The molecule has 0 bridgehead atoms. The molecule has 0 saturated heterocycles. The van der Waals surface area contributed by atoms with Crippen LogP contribution in [0, 0.1) is 12.8 Å². The minimum atomic E-state index is -4.35. The number of hydrogen-bond acceptors (Lipinski definition) is 8. The Hall–Kier alpha value is -1.79. The van der Waals surface area contributed by atoms with E-state index in [9.17, 15) is 18.0 Å². The van der Waals surface area contributed by atoms with Crippen molar-refractivity contribution >= 4 is 28.6 Å². The first-order chi connectivity index (χ1) is 15.7. The van der Waals surface area contributed by atoms with Gasteiger partial charge in [0.15, 0.2) is 6.61 Å².